The molecule has 0 amide bonds. The van der Waals surface area contributed by atoms with Gasteiger partial charge >= 0.3 is 5.97 Å². The minimum Gasteiger partial charge on any atom is -0.465 e. The molecule has 0 aromatic carbocycles. The van der Waals surface area contributed by atoms with Crippen molar-refractivity contribution < 1.29 is 14.3 Å². The fraction of sp³-hybridized carbons (Fsp3) is 0.846. The van der Waals surface area contributed by atoms with Crippen LogP contribution in [-0.4, -0.2) is 42.9 Å². The van der Waals surface area contributed by atoms with Crippen molar-refractivity contribution in [3.05, 3.63) is 0 Å². The Labute approximate surface area is 103 Å². The zero-order chi connectivity index (χ0) is 12.9. The van der Waals surface area contributed by atoms with Crippen LogP contribution in [0.2, 0.25) is 0 Å². The van der Waals surface area contributed by atoms with Crippen LogP contribution in [0.4, 0.5) is 0 Å². The standard InChI is InChI=1S/C13H23NO3/c1-4-6-8-14-9-7-11(15)13(3,10-14)12(16)17-5-2/h4-10H2,1-3H3. The number of carbonyl (C=O) groups excluding carboxylic acids is 2. The molecule has 1 saturated heterocycles. The van der Waals surface area contributed by atoms with Crippen LogP contribution in [-0.2, 0) is 14.3 Å². The van der Waals surface area contributed by atoms with Crippen molar-refractivity contribution in [3.63, 3.8) is 0 Å². The highest BCUT2D eigenvalue weighted by Gasteiger charge is 2.45. The summed E-state index contributed by atoms with van der Waals surface area (Å²) in [5.41, 5.74) is -0.956. The summed E-state index contributed by atoms with van der Waals surface area (Å²) in [6.45, 7) is 8.18. The number of ether oxygens (including phenoxy) is 1. The average Bonchev–Trinajstić information content (AvgIpc) is 2.31. The van der Waals surface area contributed by atoms with Gasteiger partial charge in [0.05, 0.1) is 6.61 Å². The molecule has 98 valence electrons. The van der Waals surface area contributed by atoms with E-state index in [2.05, 4.69) is 11.8 Å². The molecule has 0 radical (unpaired) electrons. The molecule has 0 N–H and O–H groups in total. The van der Waals surface area contributed by atoms with E-state index in [1.165, 1.54) is 0 Å². The van der Waals surface area contributed by atoms with E-state index in [0.29, 0.717) is 19.6 Å². The van der Waals surface area contributed by atoms with Crippen LogP contribution in [0.25, 0.3) is 0 Å². The smallest absolute Gasteiger partial charge is 0.320 e. The normalized spacial score (nSPS) is 25.9. The van der Waals surface area contributed by atoms with Gasteiger partial charge in [0.15, 0.2) is 5.78 Å². The van der Waals surface area contributed by atoms with Gasteiger partial charge in [-0.1, -0.05) is 13.3 Å². The van der Waals surface area contributed by atoms with Gasteiger partial charge in [0, 0.05) is 19.5 Å². The van der Waals surface area contributed by atoms with Gasteiger partial charge in [-0.25, -0.2) is 0 Å². The van der Waals surface area contributed by atoms with Crippen LogP contribution in [0.5, 0.6) is 0 Å². The first kappa shape index (κ1) is 14.2. The Morgan fingerprint density at radius 2 is 2.18 bits per heavy atom. The van der Waals surface area contributed by atoms with Gasteiger partial charge in [0.2, 0.25) is 0 Å². The van der Waals surface area contributed by atoms with Crippen molar-refractivity contribution >= 4 is 11.8 Å². The van der Waals surface area contributed by atoms with Crippen molar-refractivity contribution in [2.24, 2.45) is 5.41 Å². The molecule has 0 bridgehead atoms. The lowest BCUT2D eigenvalue weighted by atomic mass is 9.80. The van der Waals surface area contributed by atoms with E-state index < -0.39 is 5.41 Å². The van der Waals surface area contributed by atoms with Crippen LogP contribution in [0, 0.1) is 5.41 Å². The fourth-order valence-electron chi connectivity index (χ4n) is 2.19. The number of rotatable bonds is 5. The van der Waals surface area contributed by atoms with E-state index in [9.17, 15) is 9.59 Å². The van der Waals surface area contributed by atoms with E-state index in [0.717, 1.165) is 25.9 Å². The lowest BCUT2D eigenvalue weighted by molar-refractivity contribution is -0.162. The minimum absolute atomic E-state index is 0.0173. The number of nitrogens with zero attached hydrogens (tertiary/aromatic N) is 1. The molecule has 0 aromatic rings. The minimum atomic E-state index is -0.956. The maximum atomic E-state index is 11.9. The predicted octanol–water partition coefficient (Wildman–Crippen LogP) is 1.63. The number of ketones is 1. The van der Waals surface area contributed by atoms with E-state index in [4.69, 9.17) is 4.74 Å². The molecule has 0 spiro atoms. The monoisotopic (exact) mass is 241 g/mol. The number of likely N-dealkylation sites (tertiary alicyclic amines) is 1. The van der Waals surface area contributed by atoms with Crippen molar-refractivity contribution in [1.29, 1.82) is 0 Å². The molecule has 0 saturated carbocycles. The quantitative estimate of drug-likeness (QED) is 0.542. The molecule has 17 heavy (non-hydrogen) atoms. The zero-order valence-corrected chi connectivity index (χ0v) is 11.1. The second-order valence-corrected chi connectivity index (χ2v) is 4.86. The largest absolute Gasteiger partial charge is 0.465 e. The van der Waals surface area contributed by atoms with Gasteiger partial charge < -0.3 is 9.64 Å². The van der Waals surface area contributed by atoms with Crippen molar-refractivity contribution in [3.8, 4) is 0 Å². The highest BCUT2D eigenvalue weighted by molar-refractivity contribution is 6.04. The first-order valence-electron chi connectivity index (χ1n) is 6.47. The van der Waals surface area contributed by atoms with E-state index in [1.54, 1.807) is 13.8 Å². The average molecular weight is 241 g/mol. The number of carbonyl (C=O) groups is 2. The Hall–Kier alpha value is -0.900. The predicted molar refractivity (Wildman–Crippen MR) is 65.7 cm³/mol. The van der Waals surface area contributed by atoms with Gasteiger partial charge in [0.1, 0.15) is 5.41 Å². The second kappa shape index (κ2) is 6.15. The van der Waals surface area contributed by atoms with Crippen LogP contribution >= 0.6 is 0 Å². The summed E-state index contributed by atoms with van der Waals surface area (Å²) in [6, 6.07) is 0. The van der Waals surface area contributed by atoms with Crippen LogP contribution < -0.4 is 0 Å². The zero-order valence-electron chi connectivity index (χ0n) is 11.1. The maximum Gasteiger partial charge on any atom is 0.320 e. The molecule has 1 fully saturated rings. The summed E-state index contributed by atoms with van der Waals surface area (Å²) in [7, 11) is 0. The van der Waals surface area contributed by atoms with Crippen molar-refractivity contribution in [2.45, 2.75) is 40.0 Å². The lowest BCUT2D eigenvalue weighted by Crippen LogP contribution is -2.52. The van der Waals surface area contributed by atoms with Crippen molar-refractivity contribution in [1.82, 2.24) is 4.90 Å². The summed E-state index contributed by atoms with van der Waals surface area (Å²) >= 11 is 0. The third kappa shape index (κ3) is 3.28. The molecule has 1 heterocycles. The number of Topliss-reactive ketones (excluding diaryl/α,β-unsaturated/α-hetero) is 1. The van der Waals surface area contributed by atoms with Gasteiger partial charge in [0.25, 0.3) is 0 Å². The Morgan fingerprint density at radius 3 is 2.76 bits per heavy atom. The highest BCUT2D eigenvalue weighted by Crippen LogP contribution is 2.28. The number of unbranched alkanes of at least 4 members (excludes halogenated alkanes) is 1. The molecule has 1 aliphatic rings. The summed E-state index contributed by atoms with van der Waals surface area (Å²) in [5.74, 6) is -0.352. The van der Waals surface area contributed by atoms with E-state index in [1.807, 2.05) is 0 Å². The van der Waals surface area contributed by atoms with Crippen LogP contribution in [0.3, 0.4) is 0 Å². The first-order chi connectivity index (χ1) is 8.04. The number of hydrogen-bond donors (Lipinski definition) is 0. The van der Waals surface area contributed by atoms with Crippen molar-refractivity contribution in [2.75, 3.05) is 26.2 Å². The number of hydrogen-bond acceptors (Lipinski definition) is 4. The van der Waals surface area contributed by atoms with Crippen LogP contribution in [0.1, 0.15) is 40.0 Å². The van der Waals surface area contributed by atoms with E-state index in [-0.39, 0.29) is 11.8 Å². The Kier molecular flexibility index (Phi) is 5.12. The summed E-state index contributed by atoms with van der Waals surface area (Å²) < 4.78 is 5.02. The molecule has 4 nitrogen and oxygen atoms in total. The fourth-order valence-corrected chi connectivity index (χ4v) is 2.19. The van der Waals surface area contributed by atoms with Gasteiger partial charge in [-0.15, -0.1) is 0 Å². The van der Waals surface area contributed by atoms with Gasteiger partial charge in [-0.2, -0.15) is 0 Å². The van der Waals surface area contributed by atoms with Crippen LogP contribution in [0.15, 0.2) is 0 Å². The highest BCUT2D eigenvalue weighted by atomic mass is 16.5. The Bertz CT molecular complexity index is 290. The number of piperidine rings is 1. The maximum absolute atomic E-state index is 11.9. The summed E-state index contributed by atoms with van der Waals surface area (Å²) in [4.78, 5) is 26.0. The third-order valence-electron chi connectivity index (χ3n) is 3.36. The van der Waals surface area contributed by atoms with Gasteiger partial charge in [-0.05, 0) is 26.8 Å². The first-order valence-corrected chi connectivity index (χ1v) is 6.47. The summed E-state index contributed by atoms with van der Waals surface area (Å²) in [6.07, 6.45) is 2.69. The summed E-state index contributed by atoms with van der Waals surface area (Å²) in [5, 5.41) is 0. The second-order valence-electron chi connectivity index (χ2n) is 4.86. The lowest BCUT2D eigenvalue weighted by Gasteiger charge is -2.37. The van der Waals surface area contributed by atoms with Gasteiger partial charge in [-0.3, -0.25) is 9.59 Å². The SMILES string of the molecule is CCCCN1CCC(=O)C(C)(C(=O)OCC)C1. The Morgan fingerprint density at radius 1 is 1.47 bits per heavy atom. The topological polar surface area (TPSA) is 46.6 Å². The molecular weight excluding hydrogens is 218 g/mol. The molecule has 1 atom stereocenters. The molecule has 1 aliphatic heterocycles. The third-order valence-corrected chi connectivity index (χ3v) is 3.36. The number of esters is 1. The Balaban J connectivity index is 2.67. The molecule has 4 heteroatoms. The molecule has 0 aliphatic carbocycles. The molecule has 0 aromatic heterocycles. The molecular formula is C13H23NO3. The molecule has 1 rings (SSSR count). The molecule has 1 unspecified atom stereocenters. The van der Waals surface area contributed by atoms with E-state index >= 15 is 0 Å².